The number of primary amides is 1. The van der Waals surface area contributed by atoms with Crippen LogP contribution in [0.15, 0.2) is 5.10 Å². The van der Waals surface area contributed by atoms with Crippen molar-refractivity contribution in [3.63, 3.8) is 0 Å². The molecule has 2 heterocycles. The lowest BCUT2D eigenvalue weighted by atomic mass is 9.92. The van der Waals surface area contributed by atoms with Crippen molar-refractivity contribution in [1.82, 2.24) is 15.2 Å². The first kappa shape index (κ1) is 25.3. The summed E-state index contributed by atoms with van der Waals surface area (Å²) in [6.07, 6.45) is 3.60. The van der Waals surface area contributed by atoms with Crippen molar-refractivity contribution >= 4 is 53.5 Å². The predicted octanol–water partition coefficient (Wildman–Crippen LogP) is 0.367. The van der Waals surface area contributed by atoms with E-state index in [1.807, 2.05) is 0 Å². The molecule has 2 aliphatic heterocycles. The van der Waals surface area contributed by atoms with Crippen LogP contribution in [0.3, 0.4) is 0 Å². The van der Waals surface area contributed by atoms with Gasteiger partial charge >= 0.3 is 5.97 Å². The van der Waals surface area contributed by atoms with E-state index in [4.69, 9.17) is 10.5 Å². The Bertz CT molecular complexity index is 557. The number of nitrogens with one attached hydrogen (secondary N) is 1. The number of nitrogens with two attached hydrogens (primary N) is 1. The molecule has 1 amide bonds. The molecule has 3 N–H and O–H groups in total. The third-order valence-electron chi connectivity index (χ3n) is 5.01. The second kappa shape index (κ2) is 12.0. The van der Waals surface area contributed by atoms with Crippen LogP contribution in [0.1, 0.15) is 25.7 Å². The van der Waals surface area contributed by atoms with Crippen molar-refractivity contribution in [2.24, 2.45) is 10.8 Å². The van der Waals surface area contributed by atoms with Gasteiger partial charge in [0.15, 0.2) is 10.5 Å². The van der Waals surface area contributed by atoms with E-state index >= 15 is 0 Å². The Balaban J connectivity index is 0.00000196. The molecule has 3 aliphatic rings. The summed E-state index contributed by atoms with van der Waals surface area (Å²) in [5.41, 5.74) is 5.50. The van der Waals surface area contributed by atoms with E-state index in [-0.39, 0.29) is 55.0 Å². The van der Waals surface area contributed by atoms with Gasteiger partial charge < -0.3 is 20.5 Å². The number of esters is 1. The van der Waals surface area contributed by atoms with E-state index in [2.05, 4.69) is 25.1 Å². The topological polar surface area (TPSA) is 109 Å². The number of amides is 1. The number of hydrogen-bond donors (Lipinski definition) is 2. The van der Waals surface area contributed by atoms with Crippen LogP contribution in [-0.4, -0.2) is 84.4 Å². The number of halogens is 2. The number of ether oxygens (including phenoxy) is 2. The first-order valence-corrected chi connectivity index (χ1v) is 9.93. The second-order valence-corrected chi connectivity index (χ2v) is 7.74. The summed E-state index contributed by atoms with van der Waals surface area (Å²) in [5, 5.41) is 10.3. The van der Waals surface area contributed by atoms with Gasteiger partial charge in [-0.05, 0) is 25.7 Å². The van der Waals surface area contributed by atoms with E-state index in [0.29, 0.717) is 5.04 Å². The largest absolute Gasteiger partial charge is 0.467 e. The van der Waals surface area contributed by atoms with Gasteiger partial charge in [0.1, 0.15) is 6.61 Å². The van der Waals surface area contributed by atoms with Crippen LogP contribution in [-0.2, 0) is 19.1 Å². The monoisotopic (exact) mass is 457 g/mol. The van der Waals surface area contributed by atoms with Crippen molar-refractivity contribution in [1.29, 1.82) is 0 Å². The summed E-state index contributed by atoms with van der Waals surface area (Å²) in [6, 6.07) is 0.247. The van der Waals surface area contributed by atoms with Gasteiger partial charge in [-0.2, -0.15) is 5.10 Å². The fourth-order valence-corrected chi connectivity index (χ4v) is 4.71. The molecule has 1 aliphatic carbocycles. The van der Waals surface area contributed by atoms with Crippen LogP contribution in [0.4, 0.5) is 0 Å². The lowest BCUT2D eigenvalue weighted by Gasteiger charge is -2.41. The minimum atomic E-state index is -0.465. The molecule has 0 spiro atoms. The first-order chi connectivity index (χ1) is 12.6. The Labute approximate surface area is 181 Å². The van der Waals surface area contributed by atoms with Crippen LogP contribution in [0.5, 0.6) is 0 Å². The van der Waals surface area contributed by atoms with Gasteiger partial charge in [-0.15, -0.1) is 24.8 Å². The predicted molar refractivity (Wildman–Crippen MR) is 113 cm³/mol. The van der Waals surface area contributed by atoms with Crippen LogP contribution < -0.4 is 11.1 Å². The molecule has 9 nitrogen and oxygen atoms in total. The number of rotatable bonds is 6. The minimum absolute atomic E-state index is 0. The van der Waals surface area contributed by atoms with Crippen molar-refractivity contribution in [2.45, 2.75) is 43.3 Å². The minimum Gasteiger partial charge on any atom is -0.467 e. The summed E-state index contributed by atoms with van der Waals surface area (Å²) in [5.74, 6) is -0.815. The number of hydrogen-bond acceptors (Lipinski definition) is 9. The fraction of sp³-hybridized carbons (Fsp3) is 0.812. The number of piperazine rings is 1. The molecule has 0 aromatic rings. The molecule has 1 saturated heterocycles. The molecule has 12 heteroatoms. The quantitative estimate of drug-likeness (QED) is 0.550. The molecule has 0 bridgehead atoms. The highest BCUT2D eigenvalue weighted by molar-refractivity contribution is 8.16. The maximum absolute atomic E-state index is 11.6. The molecule has 0 radical (unpaired) electrons. The lowest BCUT2D eigenvalue weighted by Crippen LogP contribution is -2.53. The van der Waals surface area contributed by atoms with Crippen molar-refractivity contribution in [3.05, 3.63) is 0 Å². The smallest absolute Gasteiger partial charge is 0.331 e. The van der Waals surface area contributed by atoms with Crippen molar-refractivity contribution in [2.75, 3.05) is 39.9 Å². The molecule has 3 rings (SSSR count). The number of carbonyl (C=O) groups is 2. The summed E-state index contributed by atoms with van der Waals surface area (Å²) in [7, 11) is 1.36. The maximum atomic E-state index is 11.6. The number of methoxy groups -OCH3 is 1. The molecule has 0 aromatic carbocycles. The van der Waals surface area contributed by atoms with E-state index in [9.17, 15) is 9.59 Å². The molecule has 0 aromatic heterocycles. The highest BCUT2D eigenvalue weighted by Crippen LogP contribution is 2.36. The Kier molecular flexibility index (Phi) is 10.9. The number of thioether (sulfide) groups is 1. The van der Waals surface area contributed by atoms with Crippen LogP contribution in [0.2, 0.25) is 0 Å². The summed E-state index contributed by atoms with van der Waals surface area (Å²) >= 11 is 1.45. The van der Waals surface area contributed by atoms with E-state index in [1.54, 1.807) is 0 Å². The lowest BCUT2D eigenvalue weighted by molar-refractivity contribution is -0.149. The second-order valence-electron chi connectivity index (χ2n) is 6.70. The Morgan fingerprint density at radius 3 is 2.43 bits per heavy atom. The molecule has 162 valence electrons. The van der Waals surface area contributed by atoms with Crippen LogP contribution in [0.25, 0.3) is 0 Å². The molecule has 1 unspecified atom stereocenters. The van der Waals surface area contributed by atoms with Gasteiger partial charge in [0.05, 0.1) is 19.3 Å². The van der Waals surface area contributed by atoms with Gasteiger partial charge in [0.25, 0.3) is 5.91 Å². The highest BCUT2D eigenvalue weighted by atomic mass is 35.5. The Hall–Kier alpha value is -0.780. The molecular weight excluding hydrogens is 429 g/mol. The summed E-state index contributed by atoms with van der Waals surface area (Å²) < 4.78 is 10.2. The van der Waals surface area contributed by atoms with E-state index < -0.39 is 5.91 Å². The molecule has 1 saturated carbocycles. The summed E-state index contributed by atoms with van der Waals surface area (Å²) in [4.78, 5) is 25.2. The van der Waals surface area contributed by atoms with Gasteiger partial charge in [0, 0.05) is 26.2 Å². The molecule has 1 atom stereocenters. The van der Waals surface area contributed by atoms with Gasteiger partial charge in [-0.25, -0.2) is 4.79 Å². The van der Waals surface area contributed by atoms with E-state index in [1.165, 1.54) is 18.9 Å². The third kappa shape index (κ3) is 6.36. The van der Waals surface area contributed by atoms with Crippen LogP contribution in [0, 0.1) is 0 Å². The molecular formula is C16H29Cl2N5O4S. The normalized spacial score (nSPS) is 28.0. The molecule has 28 heavy (non-hydrogen) atoms. The summed E-state index contributed by atoms with van der Waals surface area (Å²) in [6.45, 7) is 3.72. The zero-order valence-corrected chi connectivity index (χ0v) is 18.3. The van der Waals surface area contributed by atoms with Crippen molar-refractivity contribution < 1.29 is 19.1 Å². The zero-order valence-electron chi connectivity index (χ0n) is 15.9. The van der Waals surface area contributed by atoms with Crippen LogP contribution >= 0.6 is 36.6 Å². The van der Waals surface area contributed by atoms with Gasteiger partial charge in [-0.3, -0.25) is 14.7 Å². The first-order valence-electron chi connectivity index (χ1n) is 9.05. The third-order valence-corrected chi connectivity index (χ3v) is 6.24. The molecule has 2 fully saturated rings. The SMILES string of the molecule is COC(=O)CO[C@H]1CC[C@H](N2N=C(C(N)=O)SC2N2CCNCC2)CC1.Cl.Cl. The standard InChI is InChI=1S/C16H27N5O4S.2ClH/c1-24-13(22)10-25-12-4-2-11(3-5-12)21-16(20-8-6-18-7-9-20)26-15(19-21)14(17)23;;/h11-12,16,18H,2-10H2,1H3,(H2,17,23);2*1H/t11-,12-,16?;;. The average Bonchev–Trinajstić information content (AvgIpc) is 3.13. The van der Waals surface area contributed by atoms with E-state index in [0.717, 1.165) is 51.9 Å². The van der Waals surface area contributed by atoms with Gasteiger partial charge in [-0.1, -0.05) is 11.8 Å². The Morgan fingerprint density at radius 2 is 1.86 bits per heavy atom. The van der Waals surface area contributed by atoms with Gasteiger partial charge in [0.2, 0.25) is 0 Å². The zero-order chi connectivity index (χ0) is 18.5. The van der Waals surface area contributed by atoms with Crippen molar-refractivity contribution in [3.8, 4) is 0 Å². The fourth-order valence-electron chi connectivity index (χ4n) is 3.57. The number of hydrazone groups is 1. The average molecular weight is 458 g/mol. The number of nitrogens with zero attached hydrogens (tertiary/aromatic N) is 3. The Morgan fingerprint density at radius 1 is 1.21 bits per heavy atom. The number of carbonyl (C=O) groups excluding carboxylic acids is 2. The highest BCUT2D eigenvalue weighted by Gasteiger charge is 2.40. The maximum Gasteiger partial charge on any atom is 0.331 e.